The highest BCUT2D eigenvalue weighted by Crippen LogP contribution is 2.20. The van der Waals surface area contributed by atoms with Gasteiger partial charge in [0.05, 0.1) is 18.8 Å². The molecular formula is C19H24IN5O. The van der Waals surface area contributed by atoms with Crippen LogP contribution in [0.3, 0.4) is 0 Å². The normalized spacial score (nSPS) is 11.0. The van der Waals surface area contributed by atoms with E-state index in [2.05, 4.69) is 50.1 Å². The van der Waals surface area contributed by atoms with Crippen LogP contribution < -0.4 is 15.4 Å². The Morgan fingerprint density at radius 1 is 1.12 bits per heavy atom. The summed E-state index contributed by atoms with van der Waals surface area (Å²) < 4.78 is 5.83. The minimum absolute atomic E-state index is 0. The van der Waals surface area contributed by atoms with Gasteiger partial charge in [0.2, 0.25) is 0 Å². The first-order valence-corrected chi connectivity index (χ1v) is 8.39. The summed E-state index contributed by atoms with van der Waals surface area (Å²) in [6.07, 6.45) is 2.62. The zero-order valence-corrected chi connectivity index (χ0v) is 17.1. The molecule has 0 atom stereocenters. The molecule has 26 heavy (non-hydrogen) atoms. The fraction of sp³-hybridized carbons (Fsp3) is 0.263. The second kappa shape index (κ2) is 10.6. The SMILES string of the molecule is CN=C(NCCCOc1ccc2ccccc2c1)NCc1ccn[nH]1.I. The number of rotatable bonds is 7. The molecule has 6 nitrogen and oxygen atoms in total. The number of nitrogens with zero attached hydrogens (tertiary/aromatic N) is 2. The van der Waals surface area contributed by atoms with Gasteiger partial charge in [-0.2, -0.15) is 5.10 Å². The number of aromatic amines is 1. The van der Waals surface area contributed by atoms with Crippen LogP contribution in [-0.4, -0.2) is 36.4 Å². The van der Waals surface area contributed by atoms with E-state index >= 15 is 0 Å². The van der Waals surface area contributed by atoms with E-state index in [0.29, 0.717) is 13.2 Å². The minimum atomic E-state index is 0. The fourth-order valence-corrected chi connectivity index (χ4v) is 2.51. The Labute approximate surface area is 170 Å². The number of halogens is 1. The molecule has 0 radical (unpaired) electrons. The van der Waals surface area contributed by atoms with E-state index < -0.39 is 0 Å². The van der Waals surface area contributed by atoms with Crippen LogP contribution in [0.15, 0.2) is 59.7 Å². The van der Waals surface area contributed by atoms with Crippen molar-refractivity contribution in [3.8, 4) is 5.75 Å². The van der Waals surface area contributed by atoms with E-state index in [1.165, 1.54) is 10.8 Å². The highest BCUT2D eigenvalue weighted by molar-refractivity contribution is 14.0. The molecule has 2 aromatic carbocycles. The van der Waals surface area contributed by atoms with Crippen LogP contribution in [0.4, 0.5) is 0 Å². The number of ether oxygens (including phenoxy) is 1. The molecule has 1 aromatic heterocycles. The van der Waals surface area contributed by atoms with Crippen LogP contribution in [0.1, 0.15) is 12.1 Å². The molecular weight excluding hydrogens is 441 g/mol. The van der Waals surface area contributed by atoms with Gasteiger partial charge in [0.1, 0.15) is 5.75 Å². The summed E-state index contributed by atoms with van der Waals surface area (Å²) in [6, 6.07) is 16.4. The summed E-state index contributed by atoms with van der Waals surface area (Å²) in [4.78, 5) is 4.20. The number of nitrogens with one attached hydrogen (secondary N) is 3. The predicted molar refractivity (Wildman–Crippen MR) is 116 cm³/mol. The Balaban J connectivity index is 0.00000243. The monoisotopic (exact) mass is 465 g/mol. The number of fused-ring (bicyclic) bond motifs is 1. The summed E-state index contributed by atoms with van der Waals surface area (Å²) in [5.74, 6) is 1.67. The van der Waals surface area contributed by atoms with Gasteiger partial charge in [0.15, 0.2) is 5.96 Å². The van der Waals surface area contributed by atoms with Crippen LogP contribution in [-0.2, 0) is 6.54 Å². The third kappa shape index (κ3) is 5.91. The van der Waals surface area contributed by atoms with Gasteiger partial charge < -0.3 is 15.4 Å². The van der Waals surface area contributed by atoms with Crippen molar-refractivity contribution >= 4 is 40.7 Å². The van der Waals surface area contributed by atoms with E-state index in [1.54, 1.807) is 13.2 Å². The largest absolute Gasteiger partial charge is 0.494 e. The Kier molecular flexibility index (Phi) is 8.20. The number of aliphatic imine (C=N–C) groups is 1. The van der Waals surface area contributed by atoms with Crippen molar-refractivity contribution in [2.75, 3.05) is 20.2 Å². The highest BCUT2D eigenvalue weighted by Gasteiger charge is 2.00. The number of hydrogen-bond donors (Lipinski definition) is 3. The third-order valence-corrected chi connectivity index (χ3v) is 3.83. The van der Waals surface area contributed by atoms with Crippen LogP contribution >= 0.6 is 24.0 Å². The van der Waals surface area contributed by atoms with Crippen LogP contribution in [0.2, 0.25) is 0 Å². The van der Waals surface area contributed by atoms with Gasteiger partial charge in [-0.1, -0.05) is 30.3 Å². The molecule has 138 valence electrons. The smallest absolute Gasteiger partial charge is 0.191 e. The van der Waals surface area contributed by atoms with Crippen molar-refractivity contribution in [3.05, 3.63) is 60.4 Å². The summed E-state index contributed by atoms with van der Waals surface area (Å²) in [5.41, 5.74) is 1.02. The zero-order valence-electron chi connectivity index (χ0n) is 14.7. The molecule has 0 bridgehead atoms. The summed E-state index contributed by atoms with van der Waals surface area (Å²) in [5, 5.41) is 15.7. The molecule has 0 aliphatic heterocycles. The number of hydrogen-bond acceptors (Lipinski definition) is 3. The summed E-state index contributed by atoms with van der Waals surface area (Å²) >= 11 is 0. The second-order valence-electron chi connectivity index (χ2n) is 5.65. The van der Waals surface area contributed by atoms with Crippen molar-refractivity contribution in [2.24, 2.45) is 4.99 Å². The lowest BCUT2D eigenvalue weighted by Gasteiger charge is -2.12. The van der Waals surface area contributed by atoms with Gasteiger partial charge in [-0.25, -0.2) is 0 Å². The summed E-state index contributed by atoms with van der Waals surface area (Å²) in [6.45, 7) is 2.10. The molecule has 0 amide bonds. The van der Waals surface area contributed by atoms with E-state index in [4.69, 9.17) is 4.74 Å². The van der Waals surface area contributed by atoms with Gasteiger partial charge in [-0.3, -0.25) is 10.1 Å². The molecule has 0 saturated carbocycles. The molecule has 7 heteroatoms. The Bertz CT molecular complexity index is 820. The maximum atomic E-state index is 5.83. The maximum absolute atomic E-state index is 5.83. The van der Waals surface area contributed by atoms with E-state index in [0.717, 1.165) is 30.4 Å². The number of guanidine groups is 1. The molecule has 3 N–H and O–H groups in total. The van der Waals surface area contributed by atoms with Gasteiger partial charge in [-0.15, -0.1) is 24.0 Å². The molecule has 0 aliphatic carbocycles. The minimum Gasteiger partial charge on any atom is -0.494 e. The van der Waals surface area contributed by atoms with Crippen LogP contribution in [0, 0.1) is 0 Å². The average molecular weight is 465 g/mol. The number of H-pyrrole nitrogens is 1. The van der Waals surface area contributed by atoms with E-state index in [9.17, 15) is 0 Å². The quantitative estimate of drug-likeness (QED) is 0.217. The third-order valence-electron chi connectivity index (χ3n) is 3.83. The highest BCUT2D eigenvalue weighted by atomic mass is 127. The molecule has 3 aromatic rings. The first-order chi connectivity index (χ1) is 12.3. The lowest BCUT2D eigenvalue weighted by molar-refractivity contribution is 0.311. The number of aromatic nitrogens is 2. The van der Waals surface area contributed by atoms with Crippen molar-refractivity contribution in [3.63, 3.8) is 0 Å². The van der Waals surface area contributed by atoms with Crippen LogP contribution in [0.25, 0.3) is 10.8 Å². The van der Waals surface area contributed by atoms with Gasteiger partial charge >= 0.3 is 0 Å². The van der Waals surface area contributed by atoms with Crippen molar-refractivity contribution in [1.82, 2.24) is 20.8 Å². The van der Waals surface area contributed by atoms with Gasteiger partial charge in [0.25, 0.3) is 0 Å². The Morgan fingerprint density at radius 2 is 1.96 bits per heavy atom. The van der Waals surface area contributed by atoms with E-state index in [-0.39, 0.29) is 24.0 Å². The summed E-state index contributed by atoms with van der Waals surface area (Å²) in [7, 11) is 1.76. The Hall–Kier alpha value is -2.29. The average Bonchev–Trinajstić information content (AvgIpc) is 3.17. The molecule has 0 aliphatic rings. The Morgan fingerprint density at radius 3 is 2.73 bits per heavy atom. The first kappa shape index (κ1) is 20.0. The molecule has 0 fully saturated rings. The fourth-order valence-electron chi connectivity index (χ4n) is 2.51. The van der Waals surface area contributed by atoms with Crippen molar-refractivity contribution < 1.29 is 4.74 Å². The lowest BCUT2D eigenvalue weighted by atomic mass is 10.1. The molecule has 0 saturated heterocycles. The van der Waals surface area contributed by atoms with Crippen molar-refractivity contribution in [1.29, 1.82) is 0 Å². The van der Waals surface area contributed by atoms with E-state index in [1.807, 2.05) is 24.3 Å². The molecule has 0 unspecified atom stereocenters. The van der Waals surface area contributed by atoms with Gasteiger partial charge in [0, 0.05) is 19.8 Å². The lowest BCUT2D eigenvalue weighted by Crippen LogP contribution is -2.37. The standard InChI is InChI=1S/C19H23N5O.HI/c1-20-19(22-14-17-9-11-23-24-17)21-10-4-12-25-18-8-7-15-5-2-3-6-16(15)13-18;/h2-3,5-9,11,13H,4,10,12,14H2,1H3,(H,23,24)(H2,20,21,22);1H. The zero-order chi connectivity index (χ0) is 17.3. The van der Waals surface area contributed by atoms with Gasteiger partial charge in [-0.05, 0) is 35.4 Å². The number of benzene rings is 2. The van der Waals surface area contributed by atoms with Crippen molar-refractivity contribution in [2.45, 2.75) is 13.0 Å². The first-order valence-electron chi connectivity index (χ1n) is 8.39. The van der Waals surface area contributed by atoms with Crippen LogP contribution in [0.5, 0.6) is 5.75 Å². The molecule has 1 heterocycles. The second-order valence-corrected chi connectivity index (χ2v) is 5.65. The maximum Gasteiger partial charge on any atom is 0.191 e. The molecule has 3 rings (SSSR count). The topological polar surface area (TPSA) is 74.3 Å². The molecule has 0 spiro atoms. The predicted octanol–water partition coefficient (Wildman–Crippen LogP) is 3.32.